The smallest absolute Gasteiger partial charge is 0.321 e. The summed E-state index contributed by atoms with van der Waals surface area (Å²) in [5.74, 6) is -1.75. The number of halogens is 1. The molecular formula is C7H14ClNO4. The van der Waals surface area contributed by atoms with Crippen molar-refractivity contribution in [1.29, 1.82) is 0 Å². The molecule has 0 spiro atoms. The monoisotopic (exact) mass is 211 g/mol. The number of carboxylic acid groups (broad SMARTS) is 1. The van der Waals surface area contributed by atoms with E-state index in [9.17, 15) is 9.59 Å². The van der Waals surface area contributed by atoms with E-state index >= 15 is 0 Å². The lowest BCUT2D eigenvalue weighted by Gasteiger charge is -2.05. The van der Waals surface area contributed by atoms with Gasteiger partial charge in [-0.15, -0.1) is 12.4 Å². The predicted octanol–water partition coefficient (Wildman–Crippen LogP) is 0.163. The van der Waals surface area contributed by atoms with Gasteiger partial charge in [-0.25, -0.2) is 0 Å². The molecule has 0 heterocycles. The molecule has 0 amide bonds. The van der Waals surface area contributed by atoms with Crippen LogP contribution < -0.4 is 5.73 Å². The van der Waals surface area contributed by atoms with Gasteiger partial charge < -0.3 is 15.6 Å². The molecule has 0 bridgehead atoms. The lowest BCUT2D eigenvalue weighted by atomic mass is 10.2. The molecular weight excluding hydrogens is 198 g/mol. The van der Waals surface area contributed by atoms with Gasteiger partial charge in [0.05, 0.1) is 13.0 Å². The summed E-state index contributed by atoms with van der Waals surface area (Å²) in [6.45, 7) is 2.16. The molecule has 0 saturated carbocycles. The molecule has 0 saturated heterocycles. The molecule has 3 N–H and O–H groups in total. The Kier molecular flexibility index (Phi) is 8.84. The number of carbonyl (C=O) groups is 2. The van der Waals surface area contributed by atoms with Crippen molar-refractivity contribution in [3.05, 3.63) is 0 Å². The molecule has 5 nitrogen and oxygen atoms in total. The molecule has 0 aromatic rings. The summed E-state index contributed by atoms with van der Waals surface area (Å²) < 4.78 is 4.63. The predicted molar refractivity (Wildman–Crippen MR) is 48.7 cm³/mol. The molecule has 0 aromatic carbocycles. The topological polar surface area (TPSA) is 89.6 Å². The standard InChI is InChI=1S/C7H13NO4.ClH/c1-2-3-12-6(9)4-5(8)7(10)11;/h5H,2-4,8H2,1H3,(H,10,11);1H/t5-;/m0./s1. The SMILES string of the molecule is CCCOC(=O)C[C@H](N)C(=O)O.Cl. The van der Waals surface area contributed by atoms with E-state index in [0.29, 0.717) is 13.0 Å². The summed E-state index contributed by atoms with van der Waals surface area (Å²) in [5, 5.41) is 8.32. The van der Waals surface area contributed by atoms with Crippen molar-refractivity contribution in [3.8, 4) is 0 Å². The molecule has 0 aromatic heterocycles. The summed E-state index contributed by atoms with van der Waals surface area (Å²) in [6.07, 6.45) is 0.448. The number of hydrogen-bond donors (Lipinski definition) is 2. The third-order valence-electron chi connectivity index (χ3n) is 1.17. The van der Waals surface area contributed by atoms with Gasteiger partial charge in [0.1, 0.15) is 6.04 Å². The second-order valence-electron chi connectivity index (χ2n) is 2.37. The molecule has 0 aliphatic carbocycles. The Labute approximate surface area is 82.7 Å². The first-order valence-electron chi connectivity index (χ1n) is 3.72. The summed E-state index contributed by atoms with van der Waals surface area (Å²) in [4.78, 5) is 20.9. The lowest BCUT2D eigenvalue weighted by Crippen LogP contribution is -2.33. The highest BCUT2D eigenvalue weighted by molar-refractivity contribution is 5.85. The molecule has 0 unspecified atom stereocenters. The number of aliphatic carboxylic acids is 1. The average Bonchev–Trinajstić information content (AvgIpc) is 2.00. The van der Waals surface area contributed by atoms with Crippen LogP contribution in [-0.2, 0) is 14.3 Å². The number of esters is 1. The summed E-state index contributed by atoms with van der Waals surface area (Å²) in [5.41, 5.74) is 5.09. The van der Waals surface area contributed by atoms with Gasteiger partial charge in [-0.1, -0.05) is 6.92 Å². The lowest BCUT2D eigenvalue weighted by molar-refractivity contribution is -0.148. The minimum atomic E-state index is -1.19. The first kappa shape index (κ1) is 14.7. The van der Waals surface area contributed by atoms with E-state index in [4.69, 9.17) is 10.8 Å². The maximum Gasteiger partial charge on any atom is 0.321 e. The highest BCUT2D eigenvalue weighted by Gasteiger charge is 2.16. The second kappa shape index (κ2) is 7.82. The number of nitrogens with two attached hydrogens (primary N) is 1. The Morgan fingerprint density at radius 2 is 2.08 bits per heavy atom. The van der Waals surface area contributed by atoms with Gasteiger partial charge in [-0.05, 0) is 6.42 Å². The Hall–Kier alpha value is -0.810. The zero-order chi connectivity index (χ0) is 9.56. The Morgan fingerprint density at radius 1 is 1.54 bits per heavy atom. The Morgan fingerprint density at radius 3 is 2.46 bits per heavy atom. The second-order valence-corrected chi connectivity index (χ2v) is 2.37. The quantitative estimate of drug-likeness (QED) is 0.633. The summed E-state index contributed by atoms with van der Waals surface area (Å²) in [7, 11) is 0. The Balaban J connectivity index is 0. The van der Waals surface area contributed by atoms with Crippen LogP contribution in [0.3, 0.4) is 0 Å². The first-order valence-corrected chi connectivity index (χ1v) is 3.72. The first-order chi connectivity index (χ1) is 5.57. The molecule has 13 heavy (non-hydrogen) atoms. The van der Waals surface area contributed by atoms with Crippen molar-refractivity contribution in [2.75, 3.05) is 6.61 Å². The van der Waals surface area contributed by atoms with E-state index in [2.05, 4.69) is 4.74 Å². The molecule has 0 aliphatic rings. The van der Waals surface area contributed by atoms with Crippen molar-refractivity contribution in [3.63, 3.8) is 0 Å². The van der Waals surface area contributed by atoms with Gasteiger partial charge in [0.25, 0.3) is 0 Å². The van der Waals surface area contributed by atoms with Crippen LogP contribution in [0.4, 0.5) is 0 Å². The Bertz CT molecular complexity index is 174. The fraction of sp³-hybridized carbons (Fsp3) is 0.714. The van der Waals surface area contributed by atoms with Crippen molar-refractivity contribution in [2.45, 2.75) is 25.8 Å². The van der Waals surface area contributed by atoms with E-state index in [1.807, 2.05) is 6.92 Å². The van der Waals surface area contributed by atoms with Gasteiger partial charge in [-0.2, -0.15) is 0 Å². The largest absolute Gasteiger partial charge is 0.480 e. The van der Waals surface area contributed by atoms with E-state index in [1.165, 1.54) is 0 Å². The molecule has 0 radical (unpaired) electrons. The molecule has 1 atom stereocenters. The van der Waals surface area contributed by atoms with Crippen molar-refractivity contribution >= 4 is 24.3 Å². The molecule has 78 valence electrons. The maximum atomic E-state index is 10.8. The van der Waals surface area contributed by atoms with Crippen LogP contribution in [0.25, 0.3) is 0 Å². The molecule has 0 aliphatic heterocycles. The van der Waals surface area contributed by atoms with Crippen molar-refractivity contribution in [1.82, 2.24) is 0 Å². The normalized spacial score (nSPS) is 11.2. The summed E-state index contributed by atoms with van der Waals surface area (Å²) >= 11 is 0. The fourth-order valence-corrected chi connectivity index (χ4v) is 0.542. The fourth-order valence-electron chi connectivity index (χ4n) is 0.542. The van der Waals surface area contributed by atoms with Crippen molar-refractivity contribution in [2.24, 2.45) is 5.73 Å². The van der Waals surface area contributed by atoms with Crippen LogP contribution in [-0.4, -0.2) is 29.7 Å². The molecule has 6 heteroatoms. The average molecular weight is 212 g/mol. The highest BCUT2D eigenvalue weighted by atomic mass is 35.5. The van der Waals surface area contributed by atoms with Crippen LogP contribution >= 0.6 is 12.4 Å². The zero-order valence-electron chi connectivity index (χ0n) is 7.36. The highest BCUT2D eigenvalue weighted by Crippen LogP contribution is 1.93. The number of carbonyl (C=O) groups excluding carboxylic acids is 1. The number of ether oxygens (including phenoxy) is 1. The van der Waals surface area contributed by atoms with Crippen molar-refractivity contribution < 1.29 is 19.4 Å². The molecule has 0 fully saturated rings. The van der Waals surface area contributed by atoms with E-state index < -0.39 is 18.0 Å². The minimum Gasteiger partial charge on any atom is -0.480 e. The van der Waals surface area contributed by atoms with Gasteiger partial charge in [0, 0.05) is 0 Å². The number of rotatable bonds is 5. The van der Waals surface area contributed by atoms with Crippen LogP contribution in [0, 0.1) is 0 Å². The third-order valence-corrected chi connectivity index (χ3v) is 1.17. The molecule has 0 rings (SSSR count). The minimum absolute atomic E-state index is 0. The number of hydrogen-bond acceptors (Lipinski definition) is 4. The van der Waals surface area contributed by atoms with Gasteiger partial charge in [0.2, 0.25) is 0 Å². The summed E-state index contributed by atoms with van der Waals surface area (Å²) in [6, 6.07) is -1.16. The van der Waals surface area contributed by atoms with Crippen LogP contribution in [0.5, 0.6) is 0 Å². The van der Waals surface area contributed by atoms with E-state index in [-0.39, 0.29) is 18.8 Å². The van der Waals surface area contributed by atoms with E-state index in [0.717, 1.165) is 0 Å². The van der Waals surface area contributed by atoms with Gasteiger partial charge in [0.15, 0.2) is 0 Å². The van der Waals surface area contributed by atoms with Crippen LogP contribution in [0.1, 0.15) is 19.8 Å². The maximum absolute atomic E-state index is 10.8. The van der Waals surface area contributed by atoms with E-state index in [1.54, 1.807) is 0 Å². The van der Waals surface area contributed by atoms with Gasteiger partial charge >= 0.3 is 11.9 Å². The van der Waals surface area contributed by atoms with Crippen LogP contribution in [0.2, 0.25) is 0 Å². The zero-order valence-corrected chi connectivity index (χ0v) is 8.17. The third kappa shape index (κ3) is 7.55. The van der Waals surface area contributed by atoms with Gasteiger partial charge in [-0.3, -0.25) is 9.59 Å². The number of carboxylic acids is 1. The van der Waals surface area contributed by atoms with Crippen LogP contribution in [0.15, 0.2) is 0 Å².